The number of aromatic nitrogens is 2. The standard InChI is InChI=1S/C16H24N4O2/c1-12(21)10-14-18-15(17-13-4-8-22-9-5-13)11-16(19-14)20-6-2-3-7-20/h11,13H,2-10H2,1H3,(H,17,18,19). The van der Waals surface area contributed by atoms with Crippen LogP contribution < -0.4 is 10.2 Å². The lowest BCUT2D eigenvalue weighted by molar-refractivity contribution is -0.116. The molecule has 1 N–H and O–H groups in total. The fourth-order valence-corrected chi connectivity index (χ4v) is 3.02. The van der Waals surface area contributed by atoms with Crippen LogP contribution in [0.2, 0.25) is 0 Å². The van der Waals surface area contributed by atoms with Gasteiger partial charge in [-0.25, -0.2) is 9.97 Å². The average Bonchev–Trinajstić information content (AvgIpc) is 3.01. The zero-order chi connectivity index (χ0) is 15.4. The summed E-state index contributed by atoms with van der Waals surface area (Å²) in [7, 11) is 0. The van der Waals surface area contributed by atoms with Crippen LogP contribution in [0.5, 0.6) is 0 Å². The van der Waals surface area contributed by atoms with Crippen LogP contribution in [0.1, 0.15) is 38.4 Å². The van der Waals surface area contributed by atoms with Crippen molar-refractivity contribution in [1.82, 2.24) is 9.97 Å². The fraction of sp³-hybridized carbons (Fsp3) is 0.688. The molecule has 0 atom stereocenters. The smallest absolute Gasteiger partial charge is 0.140 e. The van der Waals surface area contributed by atoms with Crippen LogP contribution in [-0.4, -0.2) is 48.1 Å². The molecule has 0 unspecified atom stereocenters. The number of nitrogens with one attached hydrogen (secondary N) is 1. The summed E-state index contributed by atoms with van der Waals surface area (Å²) in [6.45, 7) is 5.24. The molecule has 3 heterocycles. The molecule has 0 aromatic carbocycles. The largest absolute Gasteiger partial charge is 0.381 e. The van der Waals surface area contributed by atoms with Gasteiger partial charge < -0.3 is 15.0 Å². The Morgan fingerprint density at radius 1 is 1.32 bits per heavy atom. The van der Waals surface area contributed by atoms with Crippen LogP contribution in [0, 0.1) is 0 Å². The highest BCUT2D eigenvalue weighted by atomic mass is 16.5. The first-order valence-corrected chi connectivity index (χ1v) is 8.17. The quantitative estimate of drug-likeness (QED) is 0.894. The Balaban J connectivity index is 1.79. The second-order valence-electron chi connectivity index (χ2n) is 6.13. The zero-order valence-electron chi connectivity index (χ0n) is 13.2. The minimum absolute atomic E-state index is 0.0931. The van der Waals surface area contributed by atoms with Crippen LogP contribution in [0.15, 0.2) is 6.07 Å². The van der Waals surface area contributed by atoms with Crippen LogP contribution >= 0.6 is 0 Å². The summed E-state index contributed by atoms with van der Waals surface area (Å²) in [6, 6.07) is 2.41. The number of hydrogen-bond donors (Lipinski definition) is 1. The van der Waals surface area contributed by atoms with Crippen molar-refractivity contribution in [1.29, 1.82) is 0 Å². The molecule has 3 rings (SSSR count). The zero-order valence-corrected chi connectivity index (χ0v) is 13.2. The Bertz CT molecular complexity index is 523. The number of carbonyl (C=O) groups excluding carboxylic acids is 1. The number of carbonyl (C=O) groups is 1. The maximum Gasteiger partial charge on any atom is 0.140 e. The van der Waals surface area contributed by atoms with Crippen molar-refractivity contribution in [3.63, 3.8) is 0 Å². The molecule has 1 aromatic heterocycles. The first-order chi connectivity index (χ1) is 10.7. The van der Waals surface area contributed by atoms with E-state index in [-0.39, 0.29) is 5.78 Å². The minimum Gasteiger partial charge on any atom is -0.381 e. The van der Waals surface area contributed by atoms with Gasteiger partial charge in [0.05, 0.1) is 6.42 Å². The summed E-state index contributed by atoms with van der Waals surface area (Å²) in [5, 5.41) is 3.49. The third-order valence-corrected chi connectivity index (χ3v) is 4.17. The third-order valence-electron chi connectivity index (χ3n) is 4.17. The average molecular weight is 304 g/mol. The lowest BCUT2D eigenvalue weighted by Crippen LogP contribution is -2.29. The summed E-state index contributed by atoms with van der Waals surface area (Å²) in [6.07, 6.45) is 4.68. The molecule has 2 aliphatic rings. The predicted octanol–water partition coefficient (Wildman–Crippen LogP) is 1.80. The fourth-order valence-electron chi connectivity index (χ4n) is 3.02. The molecule has 0 spiro atoms. The molecule has 1 aromatic rings. The van der Waals surface area contributed by atoms with Gasteiger partial charge in [0.15, 0.2) is 0 Å². The Kier molecular flexibility index (Phi) is 4.87. The third kappa shape index (κ3) is 3.94. The van der Waals surface area contributed by atoms with Crippen molar-refractivity contribution >= 4 is 17.4 Å². The van der Waals surface area contributed by atoms with Gasteiger partial charge in [0.2, 0.25) is 0 Å². The molecule has 0 amide bonds. The molecule has 0 bridgehead atoms. The van der Waals surface area contributed by atoms with Crippen molar-refractivity contribution in [2.24, 2.45) is 0 Å². The number of ketones is 1. The van der Waals surface area contributed by atoms with Gasteiger partial charge in [-0.3, -0.25) is 4.79 Å². The first kappa shape index (κ1) is 15.2. The molecule has 120 valence electrons. The lowest BCUT2D eigenvalue weighted by atomic mass is 10.1. The van der Waals surface area contributed by atoms with Gasteiger partial charge in [0.25, 0.3) is 0 Å². The maximum atomic E-state index is 11.4. The lowest BCUT2D eigenvalue weighted by Gasteiger charge is -2.25. The van der Waals surface area contributed by atoms with E-state index >= 15 is 0 Å². The van der Waals surface area contributed by atoms with Gasteiger partial charge in [0.1, 0.15) is 23.2 Å². The van der Waals surface area contributed by atoms with Gasteiger partial charge in [-0.2, -0.15) is 0 Å². The summed E-state index contributed by atoms with van der Waals surface area (Å²) in [4.78, 5) is 22.8. The summed E-state index contributed by atoms with van der Waals surface area (Å²) < 4.78 is 5.39. The summed E-state index contributed by atoms with van der Waals surface area (Å²) >= 11 is 0. The Morgan fingerprint density at radius 3 is 2.73 bits per heavy atom. The molecule has 2 saturated heterocycles. The predicted molar refractivity (Wildman–Crippen MR) is 85.3 cm³/mol. The van der Waals surface area contributed by atoms with E-state index in [0.29, 0.717) is 18.3 Å². The van der Waals surface area contributed by atoms with Gasteiger partial charge in [-0.15, -0.1) is 0 Å². The van der Waals surface area contributed by atoms with Gasteiger partial charge in [-0.1, -0.05) is 0 Å². The van der Waals surface area contributed by atoms with E-state index in [9.17, 15) is 4.79 Å². The molecule has 2 fully saturated rings. The van der Waals surface area contributed by atoms with Crippen LogP contribution in [0.4, 0.5) is 11.6 Å². The molecule has 0 radical (unpaired) electrons. The van der Waals surface area contributed by atoms with Gasteiger partial charge in [0, 0.05) is 38.4 Å². The van der Waals surface area contributed by atoms with Crippen molar-refractivity contribution in [2.75, 3.05) is 36.5 Å². The molecule has 2 aliphatic heterocycles. The van der Waals surface area contributed by atoms with E-state index in [0.717, 1.165) is 50.8 Å². The molecule has 0 aliphatic carbocycles. The molecular formula is C16H24N4O2. The highest BCUT2D eigenvalue weighted by Gasteiger charge is 2.19. The molecule has 6 heteroatoms. The van der Waals surface area contributed by atoms with Gasteiger partial charge in [-0.05, 0) is 32.6 Å². The molecular weight excluding hydrogens is 280 g/mol. The molecule has 6 nitrogen and oxygen atoms in total. The number of anilines is 2. The SMILES string of the molecule is CC(=O)Cc1nc(NC2CCOCC2)cc(N2CCCC2)n1. The van der Waals surface area contributed by atoms with Crippen molar-refractivity contribution in [3.05, 3.63) is 11.9 Å². The van der Waals surface area contributed by atoms with E-state index in [4.69, 9.17) is 4.74 Å². The Labute approximate surface area is 131 Å². The van der Waals surface area contributed by atoms with Crippen molar-refractivity contribution < 1.29 is 9.53 Å². The number of nitrogens with zero attached hydrogens (tertiary/aromatic N) is 3. The normalized spacial score (nSPS) is 19.4. The van der Waals surface area contributed by atoms with E-state index < -0.39 is 0 Å². The molecule has 22 heavy (non-hydrogen) atoms. The number of ether oxygens (including phenoxy) is 1. The van der Waals surface area contributed by atoms with Crippen LogP contribution in [-0.2, 0) is 16.0 Å². The second kappa shape index (κ2) is 7.05. The maximum absolute atomic E-state index is 11.4. The Morgan fingerprint density at radius 2 is 2.05 bits per heavy atom. The highest BCUT2D eigenvalue weighted by molar-refractivity contribution is 5.77. The van der Waals surface area contributed by atoms with E-state index in [2.05, 4.69) is 20.2 Å². The monoisotopic (exact) mass is 304 g/mol. The number of Topliss-reactive ketones (excluding diaryl/α,β-unsaturated/α-hetero) is 1. The highest BCUT2D eigenvalue weighted by Crippen LogP contribution is 2.22. The van der Waals surface area contributed by atoms with E-state index in [1.807, 2.05) is 6.07 Å². The van der Waals surface area contributed by atoms with Crippen molar-refractivity contribution in [3.8, 4) is 0 Å². The number of rotatable bonds is 5. The van der Waals surface area contributed by atoms with Crippen LogP contribution in [0.25, 0.3) is 0 Å². The van der Waals surface area contributed by atoms with E-state index in [1.165, 1.54) is 12.8 Å². The Hall–Kier alpha value is -1.69. The van der Waals surface area contributed by atoms with Gasteiger partial charge >= 0.3 is 0 Å². The summed E-state index contributed by atoms with van der Waals surface area (Å²) in [5.41, 5.74) is 0. The topological polar surface area (TPSA) is 67.3 Å². The minimum atomic E-state index is 0.0931. The number of hydrogen-bond acceptors (Lipinski definition) is 6. The summed E-state index contributed by atoms with van der Waals surface area (Å²) in [5.74, 6) is 2.49. The van der Waals surface area contributed by atoms with Crippen LogP contribution in [0.3, 0.4) is 0 Å². The molecule has 0 saturated carbocycles. The van der Waals surface area contributed by atoms with Crippen molar-refractivity contribution in [2.45, 2.75) is 45.1 Å². The van der Waals surface area contributed by atoms with E-state index in [1.54, 1.807) is 6.92 Å². The second-order valence-corrected chi connectivity index (χ2v) is 6.13. The first-order valence-electron chi connectivity index (χ1n) is 8.17.